The third kappa shape index (κ3) is 1.70. The van der Waals surface area contributed by atoms with Crippen molar-refractivity contribution in [3.05, 3.63) is 16.1 Å². The van der Waals surface area contributed by atoms with Gasteiger partial charge in [-0.2, -0.15) is 0 Å². The molecular weight excluding hydrogens is 174 g/mol. The number of primary amides is 1. The van der Waals surface area contributed by atoms with E-state index in [1.807, 2.05) is 0 Å². The normalized spacial score (nSPS) is 10.5. The molecule has 0 radical (unpaired) electrons. The van der Waals surface area contributed by atoms with Crippen molar-refractivity contribution in [1.82, 2.24) is 4.98 Å². The van der Waals surface area contributed by atoms with Crippen molar-refractivity contribution in [2.45, 2.75) is 6.43 Å². The number of aromatic nitrogens is 1. The van der Waals surface area contributed by atoms with E-state index in [4.69, 9.17) is 5.73 Å². The van der Waals surface area contributed by atoms with Crippen molar-refractivity contribution in [2.75, 3.05) is 0 Å². The third-order valence-electron chi connectivity index (χ3n) is 0.949. The first-order valence-electron chi connectivity index (χ1n) is 2.65. The first-order valence-corrected chi connectivity index (χ1v) is 3.46. The summed E-state index contributed by atoms with van der Waals surface area (Å²) >= 11 is 0.613. The summed E-state index contributed by atoms with van der Waals surface area (Å²) in [6.45, 7) is 0. The lowest BCUT2D eigenvalue weighted by molar-refractivity contribution is 0.1000. The molecule has 0 aliphatic heterocycles. The molecule has 0 bridgehead atoms. The Bertz CT molecular complexity index is 273. The summed E-state index contributed by atoms with van der Waals surface area (Å²) in [7, 11) is 0. The van der Waals surface area contributed by atoms with Gasteiger partial charge < -0.3 is 5.73 Å². The van der Waals surface area contributed by atoms with Gasteiger partial charge in [0.25, 0.3) is 12.3 Å². The van der Waals surface area contributed by atoms with Gasteiger partial charge in [-0.15, -0.1) is 11.3 Å². The SMILES string of the molecule is NC(=O)c1ncc(C(F)F)s1. The molecule has 0 aliphatic carbocycles. The molecule has 1 aromatic rings. The van der Waals surface area contributed by atoms with Gasteiger partial charge in [-0.3, -0.25) is 4.79 Å². The molecule has 1 amide bonds. The fraction of sp³-hybridized carbons (Fsp3) is 0.200. The van der Waals surface area contributed by atoms with E-state index in [9.17, 15) is 13.6 Å². The predicted octanol–water partition coefficient (Wildman–Crippen LogP) is 1.18. The molecule has 0 unspecified atom stereocenters. The molecule has 2 N–H and O–H groups in total. The van der Waals surface area contributed by atoms with Crippen LogP contribution in [0.3, 0.4) is 0 Å². The minimum absolute atomic E-state index is 0.0831. The van der Waals surface area contributed by atoms with E-state index in [-0.39, 0.29) is 9.88 Å². The van der Waals surface area contributed by atoms with Crippen molar-refractivity contribution >= 4 is 17.2 Å². The van der Waals surface area contributed by atoms with Gasteiger partial charge in [0.15, 0.2) is 5.01 Å². The van der Waals surface area contributed by atoms with Crippen LogP contribution in [0, 0.1) is 0 Å². The van der Waals surface area contributed by atoms with E-state index in [0.29, 0.717) is 11.3 Å². The highest BCUT2D eigenvalue weighted by atomic mass is 32.1. The Labute approximate surface area is 64.9 Å². The summed E-state index contributed by atoms with van der Waals surface area (Å²) in [4.78, 5) is 13.5. The quantitative estimate of drug-likeness (QED) is 0.739. The van der Waals surface area contributed by atoms with Crippen LogP contribution in [-0.2, 0) is 0 Å². The Morgan fingerprint density at radius 1 is 1.73 bits per heavy atom. The second-order valence-electron chi connectivity index (χ2n) is 1.73. The summed E-state index contributed by atoms with van der Waals surface area (Å²) in [5.41, 5.74) is 4.79. The van der Waals surface area contributed by atoms with Crippen LogP contribution in [0.1, 0.15) is 21.1 Å². The summed E-state index contributed by atoms with van der Waals surface area (Å²) in [5.74, 6) is -0.776. The first-order chi connectivity index (χ1) is 5.11. The van der Waals surface area contributed by atoms with Crippen molar-refractivity contribution < 1.29 is 13.6 Å². The van der Waals surface area contributed by atoms with Gasteiger partial charge in [0.1, 0.15) is 0 Å². The highest BCUT2D eigenvalue weighted by Gasteiger charge is 2.13. The molecule has 1 rings (SSSR count). The van der Waals surface area contributed by atoms with Crippen molar-refractivity contribution in [1.29, 1.82) is 0 Å². The Kier molecular flexibility index (Phi) is 2.13. The van der Waals surface area contributed by atoms with Crippen LogP contribution < -0.4 is 5.73 Å². The molecule has 1 heterocycles. The van der Waals surface area contributed by atoms with E-state index in [1.54, 1.807) is 0 Å². The van der Waals surface area contributed by atoms with Crippen molar-refractivity contribution in [3.63, 3.8) is 0 Å². The summed E-state index contributed by atoms with van der Waals surface area (Å²) in [5, 5.41) is -0.0831. The lowest BCUT2D eigenvalue weighted by Crippen LogP contribution is -2.09. The lowest BCUT2D eigenvalue weighted by Gasteiger charge is -1.87. The largest absolute Gasteiger partial charge is 0.364 e. The highest BCUT2D eigenvalue weighted by molar-refractivity contribution is 7.13. The Morgan fingerprint density at radius 3 is 2.64 bits per heavy atom. The molecule has 6 heteroatoms. The number of amides is 1. The topological polar surface area (TPSA) is 56.0 Å². The zero-order valence-corrected chi connectivity index (χ0v) is 6.07. The number of hydrogen-bond acceptors (Lipinski definition) is 3. The number of nitrogens with zero attached hydrogens (tertiary/aromatic N) is 1. The molecule has 0 fully saturated rings. The number of halogens is 2. The van der Waals surface area contributed by atoms with E-state index in [0.717, 1.165) is 6.20 Å². The zero-order chi connectivity index (χ0) is 8.43. The molecule has 3 nitrogen and oxygen atoms in total. The van der Waals surface area contributed by atoms with Crippen LogP contribution in [0.4, 0.5) is 8.78 Å². The Balaban J connectivity index is 2.90. The molecule has 11 heavy (non-hydrogen) atoms. The van der Waals surface area contributed by atoms with Crippen molar-refractivity contribution in [3.8, 4) is 0 Å². The number of rotatable bonds is 2. The third-order valence-corrected chi connectivity index (χ3v) is 1.97. The molecule has 0 saturated heterocycles. The van der Waals surface area contributed by atoms with E-state index in [1.165, 1.54) is 0 Å². The van der Waals surface area contributed by atoms with Gasteiger partial charge in [-0.25, -0.2) is 13.8 Å². The summed E-state index contributed by atoms with van der Waals surface area (Å²) in [6, 6.07) is 0. The average molecular weight is 178 g/mol. The van der Waals surface area contributed by atoms with Crippen LogP contribution in [0.2, 0.25) is 0 Å². The van der Waals surface area contributed by atoms with Gasteiger partial charge >= 0.3 is 0 Å². The highest BCUT2D eigenvalue weighted by Crippen LogP contribution is 2.24. The zero-order valence-electron chi connectivity index (χ0n) is 5.25. The number of nitrogens with two attached hydrogens (primary N) is 1. The smallest absolute Gasteiger partial charge is 0.277 e. The Hall–Kier alpha value is -1.04. The maximum absolute atomic E-state index is 11.9. The number of thiazole rings is 1. The number of hydrogen-bond donors (Lipinski definition) is 1. The number of alkyl halides is 2. The summed E-state index contributed by atoms with van der Waals surface area (Å²) < 4.78 is 23.7. The number of carbonyl (C=O) groups excluding carboxylic acids is 1. The Morgan fingerprint density at radius 2 is 2.36 bits per heavy atom. The monoisotopic (exact) mass is 178 g/mol. The van der Waals surface area contributed by atoms with Crippen LogP contribution in [0.5, 0.6) is 0 Å². The van der Waals surface area contributed by atoms with Gasteiger partial charge in [0, 0.05) is 6.20 Å². The molecule has 0 aliphatic rings. The fourth-order valence-corrected chi connectivity index (χ4v) is 1.13. The molecule has 0 spiro atoms. The maximum atomic E-state index is 11.9. The molecular formula is C5H4F2N2OS. The van der Waals surface area contributed by atoms with E-state index < -0.39 is 12.3 Å². The van der Waals surface area contributed by atoms with Gasteiger partial charge in [-0.05, 0) is 0 Å². The van der Waals surface area contributed by atoms with Gasteiger partial charge in [0.05, 0.1) is 4.88 Å². The average Bonchev–Trinajstić information content (AvgIpc) is 2.33. The van der Waals surface area contributed by atoms with Crippen LogP contribution >= 0.6 is 11.3 Å². The van der Waals surface area contributed by atoms with E-state index in [2.05, 4.69) is 4.98 Å². The van der Waals surface area contributed by atoms with Gasteiger partial charge in [-0.1, -0.05) is 0 Å². The summed E-state index contributed by atoms with van der Waals surface area (Å²) in [6.07, 6.45) is -1.63. The van der Waals surface area contributed by atoms with Crippen LogP contribution in [-0.4, -0.2) is 10.9 Å². The van der Waals surface area contributed by atoms with Crippen LogP contribution in [0.25, 0.3) is 0 Å². The standard InChI is InChI=1S/C5H4F2N2OS/c6-3(7)2-1-9-5(11-2)4(8)10/h1,3H,(H2,8,10). The number of carbonyl (C=O) groups is 1. The second kappa shape index (κ2) is 2.91. The molecule has 0 saturated carbocycles. The fourth-order valence-electron chi connectivity index (χ4n) is 0.501. The molecule has 1 aromatic heterocycles. The van der Waals surface area contributed by atoms with Crippen LogP contribution in [0.15, 0.2) is 6.20 Å². The lowest BCUT2D eigenvalue weighted by atomic mass is 10.6. The van der Waals surface area contributed by atoms with Crippen molar-refractivity contribution in [2.24, 2.45) is 5.73 Å². The van der Waals surface area contributed by atoms with Gasteiger partial charge in [0.2, 0.25) is 0 Å². The second-order valence-corrected chi connectivity index (χ2v) is 2.79. The molecule has 0 atom stereocenters. The predicted molar refractivity (Wildman–Crippen MR) is 35.6 cm³/mol. The minimum Gasteiger partial charge on any atom is -0.364 e. The molecule has 0 aromatic carbocycles. The minimum atomic E-state index is -2.58. The molecule has 60 valence electrons. The first kappa shape index (κ1) is 8.06. The maximum Gasteiger partial charge on any atom is 0.277 e. The van der Waals surface area contributed by atoms with E-state index >= 15 is 0 Å².